The first kappa shape index (κ1) is 11.5. The lowest BCUT2D eigenvalue weighted by Crippen LogP contribution is -2.07. The van der Waals surface area contributed by atoms with Crippen molar-refractivity contribution in [3.63, 3.8) is 0 Å². The van der Waals surface area contributed by atoms with Crippen molar-refractivity contribution >= 4 is 10.9 Å². The summed E-state index contributed by atoms with van der Waals surface area (Å²) in [5.41, 5.74) is 7.06. The molecule has 0 fully saturated rings. The van der Waals surface area contributed by atoms with Crippen molar-refractivity contribution in [3.05, 3.63) is 41.2 Å². The van der Waals surface area contributed by atoms with E-state index < -0.39 is 0 Å². The smallest absolute Gasteiger partial charge is 0.121 e. The number of hydrogen-bond donors (Lipinski definition) is 1. The van der Waals surface area contributed by atoms with E-state index in [1.165, 1.54) is 22.1 Å². The van der Waals surface area contributed by atoms with Gasteiger partial charge in [-0.2, -0.15) is 5.10 Å². The Morgan fingerprint density at radius 1 is 1.25 bits per heavy atom. The molecule has 3 aromatic rings. The minimum Gasteiger partial charge on any atom is -0.497 e. The van der Waals surface area contributed by atoms with E-state index in [-0.39, 0.29) is 0 Å². The van der Waals surface area contributed by atoms with E-state index in [9.17, 15) is 0 Å². The predicted molar refractivity (Wildman–Crippen MR) is 78.0 cm³/mol. The number of benzene rings is 1. The van der Waals surface area contributed by atoms with Gasteiger partial charge in [-0.1, -0.05) is 0 Å². The van der Waals surface area contributed by atoms with Crippen LogP contribution >= 0.6 is 0 Å². The second-order valence-electron chi connectivity index (χ2n) is 5.20. The molecular formula is C16H15N3O. The van der Waals surface area contributed by atoms with E-state index in [4.69, 9.17) is 9.72 Å². The molecule has 0 unspecified atom stereocenters. The minimum atomic E-state index is 0.849. The van der Waals surface area contributed by atoms with Gasteiger partial charge in [0.05, 0.1) is 24.5 Å². The monoisotopic (exact) mass is 265 g/mol. The summed E-state index contributed by atoms with van der Waals surface area (Å²) in [7, 11) is 1.68. The molecule has 0 saturated heterocycles. The van der Waals surface area contributed by atoms with Crippen molar-refractivity contribution in [1.82, 2.24) is 15.2 Å². The quantitative estimate of drug-likeness (QED) is 0.735. The van der Waals surface area contributed by atoms with E-state index >= 15 is 0 Å². The molecule has 4 nitrogen and oxygen atoms in total. The molecule has 0 bridgehead atoms. The molecule has 4 heteroatoms. The number of H-pyrrole nitrogens is 1. The number of ether oxygens (including phenoxy) is 1. The largest absolute Gasteiger partial charge is 0.497 e. The van der Waals surface area contributed by atoms with Gasteiger partial charge in [-0.15, -0.1) is 0 Å². The van der Waals surface area contributed by atoms with Crippen LogP contribution in [0.15, 0.2) is 24.4 Å². The summed E-state index contributed by atoms with van der Waals surface area (Å²) in [5.74, 6) is 0.849. The SMILES string of the molecule is COc1ccc2c3c(c(C)nc2c1)-c1[nH]ncc1CC3. The molecule has 1 N–H and O–H groups in total. The fourth-order valence-corrected chi connectivity index (χ4v) is 3.14. The van der Waals surface area contributed by atoms with E-state index in [0.29, 0.717) is 0 Å². The Labute approximate surface area is 116 Å². The van der Waals surface area contributed by atoms with E-state index in [1.54, 1.807) is 7.11 Å². The summed E-state index contributed by atoms with van der Waals surface area (Å²) < 4.78 is 5.29. The molecular weight excluding hydrogens is 250 g/mol. The van der Waals surface area contributed by atoms with Gasteiger partial charge in [-0.25, -0.2) is 0 Å². The van der Waals surface area contributed by atoms with Crippen molar-refractivity contribution in [3.8, 4) is 17.0 Å². The molecule has 0 spiro atoms. The molecule has 0 saturated carbocycles. The fraction of sp³-hybridized carbons (Fsp3) is 0.250. The first-order valence-electron chi connectivity index (χ1n) is 6.78. The Balaban J connectivity index is 2.07. The van der Waals surface area contributed by atoms with E-state index in [1.807, 2.05) is 18.3 Å². The number of fused-ring (bicyclic) bond motifs is 5. The standard InChI is InChI=1S/C16H15N3O/c1-9-15-13(5-3-10-8-17-19-16(10)15)12-6-4-11(20-2)7-14(12)18-9/h4,6-8H,3,5H2,1-2H3,(H,17,19). The van der Waals surface area contributed by atoms with Crippen LogP contribution in [0, 0.1) is 6.92 Å². The first-order valence-corrected chi connectivity index (χ1v) is 6.78. The van der Waals surface area contributed by atoms with Crippen LogP contribution in [0.2, 0.25) is 0 Å². The van der Waals surface area contributed by atoms with Crippen LogP contribution in [0.3, 0.4) is 0 Å². The lowest BCUT2D eigenvalue weighted by molar-refractivity contribution is 0.415. The molecule has 1 aromatic carbocycles. The van der Waals surface area contributed by atoms with E-state index in [2.05, 4.69) is 23.2 Å². The summed E-state index contributed by atoms with van der Waals surface area (Å²) in [6.07, 6.45) is 3.99. The van der Waals surface area contributed by atoms with Gasteiger partial charge in [0.15, 0.2) is 0 Å². The number of pyridine rings is 1. The molecule has 0 atom stereocenters. The van der Waals surface area contributed by atoms with Gasteiger partial charge in [0.1, 0.15) is 5.75 Å². The molecule has 100 valence electrons. The van der Waals surface area contributed by atoms with Crippen LogP contribution in [-0.4, -0.2) is 22.3 Å². The third-order valence-corrected chi connectivity index (χ3v) is 4.09. The maximum absolute atomic E-state index is 5.29. The molecule has 0 amide bonds. The van der Waals surface area contributed by atoms with Crippen LogP contribution in [0.5, 0.6) is 5.75 Å². The van der Waals surface area contributed by atoms with Crippen molar-refractivity contribution in [2.45, 2.75) is 19.8 Å². The Morgan fingerprint density at radius 2 is 2.15 bits per heavy atom. The summed E-state index contributed by atoms with van der Waals surface area (Å²) >= 11 is 0. The average Bonchev–Trinajstić information content (AvgIpc) is 2.94. The zero-order valence-corrected chi connectivity index (χ0v) is 11.5. The number of nitrogens with zero attached hydrogens (tertiary/aromatic N) is 2. The summed E-state index contributed by atoms with van der Waals surface area (Å²) in [6, 6.07) is 6.12. The van der Waals surface area contributed by atoms with E-state index in [0.717, 1.165) is 35.5 Å². The zero-order chi connectivity index (χ0) is 13.7. The second kappa shape index (κ2) is 4.07. The molecule has 4 rings (SSSR count). The first-order chi connectivity index (χ1) is 9.78. The molecule has 0 aliphatic heterocycles. The minimum absolute atomic E-state index is 0.849. The summed E-state index contributed by atoms with van der Waals surface area (Å²) in [6.45, 7) is 2.06. The summed E-state index contributed by atoms with van der Waals surface area (Å²) in [4.78, 5) is 4.75. The molecule has 2 aromatic heterocycles. The van der Waals surface area contributed by atoms with Gasteiger partial charge >= 0.3 is 0 Å². The van der Waals surface area contributed by atoms with Crippen molar-refractivity contribution in [2.75, 3.05) is 7.11 Å². The molecule has 1 aliphatic rings. The van der Waals surface area contributed by atoms with Crippen LogP contribution in [-0.2, 0) is 12.8 Å². The fourth-order valence-electron chi connectivity index (χ4n) is 3.14. The van der Waals surface area contributed by atoms with Gasteiger partial charge in [0, 0.05) is 22.7 Å². The Bertz CT molecular complexity index is 820. The molecule has 1 aliphatic carbocycles. The zero-order valence-electron chi connectivity index (χ0n) is 11.5. The highest BCUT2D eigenvalue weighted by atomic mass is 16.5. The molecule has 2 heterocycles. The normalized spacial score (nSPS) is 13.1. The van der Waals surface area contributed by atoms with Crippen LogP contribution in [0.1, 0.15) is 16.8 Å². The van der Waals surface area contributed by atoms with Gasteiger partial charge in [0.2, 0.25) is 0 Å². The Kier molecular flexibility index (Phi) is 2.33. The lowest BCUT2D eigenvalue weighted by atomic mass is 9.87. The van der Waals surface area contributed by atoms with Crippen LogP contribution in [0.25, 0.3) is 22.2 Å². The highest BCUT2D eigenvalue weighted by Crippen LogP contribution is 2.38. The third kappa shape index (κ3) is 1.48. The highest BCUT2D eigenvalue weighted by Gasteiger charge is 2.22. The van der Waals surface area contributed by atoms with Crippen molar-refractivity contribution in [2.24, 2.45) is 0 Å². The lowest BCUT2D eigenvalue weighted by Gasteiger charge is -2.20. The van der Waals surface area contributed by atoms with Crippen LogP contribution in [0.4, 0.5) is 0 Å². The highest BCUT2D eigenvalue weighted by molar-refractivity contribution is 5.91. The number of methoxy groups -OCH3 is 1. The van der Waals surface area contributed by atoms with Crippen molar-refractivity contribution < 1.29 is 4.74 Å². The number of aromatic amines is 1. The van der Waals surface area contributed by atoms with Gasteiger partial charge < -0.3 is 4.74 Å². The third-order valence-electron chi connectivity index (χ3n) is 4.09. The Hall–Kier alpha value is -2.36. The van der Waals surface area contributed by atoms with Gasteiger partial charge in [0.25, 0.3) is 0 Å². The molecule has 20 heavy (non-hydrogen) atoms. The number of aromatic nitrogens is 3. The maximum atomic E-state index is 5.29. The number of hydrogen-bond acceptors (Lipinski definition) is 3. The molecule has 0 radical (unpaired) electrons. The van der Waals surface area contributed by atoms with Gasteiger partial charge in [-0.3, -0.25) is 10.1 Å². The number of aryl methyl sites for hydroxylation is 3. The number of rotatable bonds is 1. The maximum Gasteiger partial charge on any atom is 0.121 e. The van der Waals surface area contributed by atoms with Crippen molar-refractivity contribution in [1.29, 1.82) is 0 Å². The van der Waals surface area contributed by atoms with Gasteiger partial charge in [-0.05, 0) is 43.0 Å². The second-order valence-corrected chi connectivity index (χ2v) is 5.20. The van der Waals surface area contributed by atoms with Crippen LogP contribution < -0.4 is 4.74 Å². The average molecular weight is 265 g/mol. The number of nitrogens with one attached hydrogen (secondary N) is 1. The summed E-state index contributed by atoms with van der Waals surface area (Å²) in [5, 5.41) is 8.52. The topological polar surface area (TPSA) is 50.8 Å². The predicted octanol–water partition coefficient (Wildman–Crippen LogP) is 3.04. The Morgan fingerprint density at radius 3 is 3.00 bits per heavy atom.